The van der Waals surface area contributed by atoms with Gasteiger partial charge in [0.25, 0.3) is 0 Å². The minimum absolute atomic E-state index is 0.408. The Hall–Kier alpha value is -0.0500. The summed E-state index contributed by atoms with van der Waals surface area (Å²) in [5.41, 5.74) is -0.408. The van der Waals surface area contributed by atoms with E-state index in [0.29, 0.717) is 12.4 Å². The number of halogens is 1. The largest absolute Gasteiger partial charge is 0.389 e. The summed E-state index contributed by atoms with van der Waals surface area (Å²) in [6.45, 7) is 1.51. The van der Waals surface area contributed by atoms with Gasteiger partial charge in [-0.1, -0.05) is 12.2 Å². The second kappa shape index (κ2) is 4.85. The molecule has 0 radical (unpaired) electrons. The molecule has 2 N–H and O–H groups in total. The van der Waals surface area contributed by atoms with Gasteiger partial charge in [0.05, 0.1) is 5.60 Å². The van der Waals surface area contributed by atoms with E-state index in [0.717, 1.165) is 25.8 Å². The monoisotopic (exact) mass is 189 g/mol. The maximum Gasteiger partial charge on any atom is 0.0771 e. The number of nitrogens with one attached hydrogen (secondary N) is 1. The van der Waals surface area contributed by atoms with Gasteiger partial charge in [0, 0.05) is 19.0 Å². The first kappa shape index (κ1) is 10.0. The third kappa shape index (κ3) is 3.13. The molecule has 0 heterocycles. The molecule has 0 unspecified atom stereocenters. The van der Waals surface area contributed by atoms with E-state index >= 15 is 0 Å². The topological polar surface area (TPSA) is 32.3 Å². The normalized spacial score (nSPS) is 21.2. The predicted octanol–water partition coefficient (Wildman–Crippen LogP) is 1.29. The molecule has 0 aromatic carbocycles. The van der Waals surface area contributed by atoms with Gasteiger partial charge in [0.15, 0.2) is 0 Å². The van der Waals surface area contributed by atoms with Crippen molar-refractivity contribution >= 4 is 11.6 Å². The Kier molecular flexibility index (Phi) is 4.06. The second-order valence-electron chi connectivity index (χ2n) is 3.33. The summed E-state index contributed by atoms with van der Waals surface area (Å²) in [5, 5.41) is 12.8. The second-order valence-corrected chi connectivity index (χ2v) is 3.64. The Morgan fingerprint density at radius 3 is 2.67 bits per heavy atom. The van der Waals surface area contributed by atoms with Crippen LogP contribution in [0.1, 0.15) is 19.3 Å². The minimum atomic E-state index is -0.408. The van der Waals surface area contributed by atoms with Crippen molar-refractivity contribution in [3.63, 3.8) is 0 Å². The van der Waals surface area contributed by atoms with E-state index in [2.05, 4.69) is 5.32 Å². The zero-order valence-electron chi connectivity index (χ0n) is 7.22. The standard InChI is InChI=1S/C9H16ClNO/c10-6-1-2-7-11-8-9(12)4-3-5-9/h1-2,11-12H,3-8H2/b2-1+. The van der Waals surface area contributed by atoms with Crippen molar-refractivity contribution in [1.82, 2.24) is 5.32 Å². The molecule has 0 atom stereocenters. The average molecular weight is 190 g/mol. The fraction of sp³-hybridized carbons (Fsp3) is 0.778. The van der Waals surface area contributed by atoms with E-state index in [1.807, 2.05) is 12.2 Å². The van der Waals surface area contributed by atoms with Gasteiger partial charge in [-0.3, -0.25) is 0 Å². The smallest absolute Gasteiger partial charge is 0.0771 e. The molecule has 1 aliphatic carbocycles. The minimum Gasteiger partial charge on any atom is -0.389 e. The molecule has 0 amide bonds. The Bertz CT molecular complexity index is 155. The molecule has 0 bridgehead atoms. The molecular weight excluding hydrogens is 174 g/mol. The van der Waals surface area contributed by atoms with Crippen LogP contribution in [-0.2, 0) is 0 Å². The quantitative estimate of drug-likeness (QED) is 0.388. The van der Waals surface area contributed by atoms with Gasteiger partial charge >= 0.3 is 0 Å². The molecule has 3 heteroatoms. The molecule has 1 aliphatic rings. The van der Waals surface area contributed by atoms with E-state index in [4.69, 9.17) is 11.6 Å². The number of hydrogen-bond acceptors (Lipinski definition) is 2. The van der Waals surface area contributed by atoms with Crippen molar-refractivity contribution in [3.05, 3.63) is 12.2 Å². The SMILES string of the molecule is OC1(CNC/C=C/CCl)CCC1. The van der Waals surface area contributed by atoms with Crippen LogP contribution in [-0.4, -0.2) is 29.7 Å². The number of aliphatic hydroxyl groups is 1. The molecule has 0 saturated heterocycles. The van der Waals surface area contributed by atoms with Crippen LogP contribution in [0, 0.1) is 0 Å². The Labute approximate surface area is 78.6 Å². The van der Waals surface area contributed by atoms with Crippen molar-refractivity contribution in [2.75, 3.05) is 19.0 Å². The predicted molar refractivity (Wildman–Crippen MR) is 51.5 cm³/mol. The zero-order valence-corrected chi connectivity index (χ0v) is 7.98. The van der Waals surface area contributed by atoms with Crippen molar-refractivity contribution in [2.24, 2.45) is 0 Å². The van der Waals surface area contributed by atoms with E-state index < -0.39 is 5.60 Å². The lowest BCUT2D eigenvalue weighted by Gasteiger charge is -2.36. The van der Waals surface area contributed by atoms with Crippen LogP contribution in [0.5, 0.6) is 0 Å². The van der Waals surface area contributed by atoms with Gasteiger partial charge in [-0.2, -0.15) is 0 Å². The summed E-state index contributed by atoms with van der Waals surface area (Å²) in [7, 11) is 0. The van der Waals surface area contributed by atoms with Crippen LogP contribution in [0.15, 0.2) is 12.2 Å². The number of hydrogen-bond donors (Lipinski definition) is 2. The molecule has 0 aliphatic heterocycles. The summed E-state index contributed by atoms with van der Waals surface area (Å²) < 4.78 is 0. The lowest BCUT2D eigenvalue weighted by atomic mass is 9.80. The Balaban J connectivity index is 1.98. The van der Waals surface area contributed by atoms with Crippen molar-refractivity contribution in [2.45, 2.75) is 24.9 Å². The van der Waals surface area contributed by atoms with Crippen molar-refractivity contribution in [1.29, 1.82) is 0 Å². The van der Waals surface area contributed by atoms with Crippen LogP contribution < -0.4 is 5.32 Å². The maximum absolute atomic E-state index is 9.65. The van der Waals surface area contributed by atoms with Crippen LogP contribution in [0.3, 0.4) is 0 Å². The van der Waals surface area contributed by atoms with Gasteiger partial charge in [-0.25, -0.2) is 0 Å². The molecule has 1 rings (SSSR count). The molecular formula is C9H16ClNO. The van der Waals surface area contributed by atoms with Crippen molar-refractivity contribution < 1.29 is 5.11 Å². The Morgan fingerprint density at radius 2 is 2.17 bits per heavy atom. The van der Waals surface area contributed by atoms with Gasteiger partial charge in [-0.15, -0.1) is 11.6 Å². The molecule has 0 aromatic heterocycles. The molecule has 1 saturated carbocycles. The first-order valence-corrected chi connectivity index (χ1v) is 4.94. The highest BCUT2D eigenvalue weighted by Crippen LogP contribution is 2.30. The Morgan fingerprint density at radius 1 is 1.42 bits per heavy atom. The lowest BCUT2D eigenvalue weighted by Crippen LogP contribution is -2.46. The highest BCUT2D eigenvalue weighted by atomic mass is 35.5. The molecule has 0 spiro atoms. The third-order valence-corrected chi connectivity index (χ3v) is 2.43. The third-order valence-electron chi connectivity index (χ3n) is 2.26. The first-order valence-electron chi connectivity index (χ1n) is 4.41. The van der Waals surface area contributed by atoms with Gasteiger partial charge in [-0.05, 0) is 19.3 Å². The summed E-state index contributed by atoms with van der Waals surface area (Å²) >= 11 is 5.44. The molecule has 0 aromatic rings. The van der Waals surface area contributed by atoms with Gasteiger partial charge < -0.3 is 10.4 Å². The van der Waals surface area contributed by atoms with Crippen molar-refractivity contribution in [3.8, 4) is 0 Å². The van der Waals surface area contributed by atoms with E-state index in [9.17, 15) is 5.11 Å². The van der Waals surface area contributed by atoms with Gasteiger partial charge in [0.1, 0.15) is 0 Å². The van der Waals surface area contributed by atoms with Crippen LogP contribution in [0.2, 0.25) is 0 Å². The van der Waals surface area contributed by atoms with E-state index in [1.165, 1.54) is 0 Å². The summed E-state index contributed by atoms with van der Waals surface area (Å²) in [6.07, 6.45) is 6.93. The number of allylic oxidation sites excluding steroid dienone is 1. The highest BCUT2D eigenvalue weighted by Gasteiger charge is 2.33. The van der Waals surface area contributed by atoms with E-state index in [-0.39, 0.29) is 0 Å². The van der Waals surface area contributed by atoms with E-state index in [1.54, 1.807) is 0 Å². The number of alkyl halides is 1. The summed E-state index contributed by atoms with van der Waals surface area (Å²) in [5.74, 6) is 0.561. The summed E-state index contributed by atoms with van der Waals surface area (Å²) in [6, 6.07) is 0. The molecule has 2 nitrogen and oxygen atoms in total. The molecule has 12 heavy (non-hydrogen) atoms. The highest BCUT2D eigenvalue weighted by molar-refractivity contribution is 6.18. The van der Waals surface area contributed by atoms with Gasteiger partial charge in [0.2, 0.25) is 0 Å². The first-order chi connectivity index (χ1) is 5.77. The van der Waals surface area contributed by atoms with Crippen LogP contribution in [0.4, 0.5) is 0 Å². The van der Waals surface area contributed by atoms with Crippen LogP contribution >= 0.6 is 11.6 Å². The fourth-order valence-electron chi connectivity index (χ4n) is 1.30. The molecule has 1 fully saturated rings. The maximum atomic E-state index is 9.65. The summed E-state index contributed by atoms with van der Waals surface area (Å²) in [4.78, 5) is 0. The zero-order chi connectivity index (χ0) is 8.86. The van der Waals surface area contributed by atoms with Crippen LogP contribution in [0.25, 0.3) is 0 Å². The number of rotatable bonds is 5. The molecule has 70 valence electrons. The fourth-order valence-corrected chi connectivity index (χ4v) is 1.42. The lowest BCUT2D eigenvalue weighted by molar-refractivity contribution is -0.0305. The average Bonchev–Trinajstić information content (AvgIpc) is 2.01.